The van der Waals surface area contributed by atoms with Crippen LogP contribution in [0.1, 0.15) is 31.2 Å². The van der Waals surface area contributed by atoms with Gasteiger partial charge in [-0.3, -0.25) is 10.1 Å². The van der Waals surface area contributed by atoms with Crippen LogP contribution in [0.2, 0.25) is 0 Å². The summed E-state index contributed by atoms with van der Waals surface area (Å²) in [5, 5.41) is 11.0. The van der Waals surface area contributed by atoms with Crippen molar-refractivity contribution >= 4 is 5.69 Å². The molecular weight excluding hydrogens is 294 g/mol. The maximum absolute atomic E-state index is 11.0. The summed E-state index contributed by atoms with van der Waals surface area (Å²) >= 11 is 0. The van der Waals surface area contributed by atoms with Gasteiger partial charge in [-0.2, -0.15) is 0 Å². The van der Waals surface area contributed by atoms with Crippen molar-refractivity contribution in [3.05, 3.63) is 64.2 Å². The fourth-order valence-electron chi connectivity index (χ4n) is 2.74. The average molecular weight is 313 g/mol. The summed E-state index contributed by atoms with van der Waals surface area (Å²) in [7, 11) is 0. The van der Waals surface area contributed by atoms with Crippen LogP contribution < -0.4 is 9.47 Å². The van der Waals surface area contributed by atoms with Crippen molar-refractivity contribution in [2.75, 3.05) is 0 Å². The van der Waals surface area contributed by atoms with Gasteiger partial charge in [0, 0.05) is 6.07 Å². The monoisotopic (exact) mass is 313 g/mol. The molecule has 2 aromatic carbocycles. The Labute approximate surface area is 135 Å². The number of nitro benzene ring substituents is 1. The Balaban J connectivity index is 1.77. The van der Waals surface area contributed by atoms with Gasteiger partial charge >= 0.3 is 0 Å². The molecule has 5 heteroatoms. The van der Waals surface area contributed by atoms with Crippen molar-refractivity contribution < 1.29 is 14.4 Å². The number of hydrogen-bond donors (Lipinski definition) is 0. The number of ether oxygens (including phenoxy) is 2. The van der Waals surface area contributed by atoms with Gasteiger partial charge in [0.25, 0.3) is 5.69 Å². The molecule has 1 aliphatic carbocycles. The summed E-state index contributed by atoms with van der Waals surface area (Å²) in [6.07, 6.45) is 4.37. The molecule has 0 unspecified atom stereocenters. The molecule has 5 nitrogen and oxygen atoms in total. The third-order valence-corrected chi connectivity index (χ3v) is 3.97. The van der Waals surface area contributed by atoms with Crippen molar-refractivity contribution in [1.29, 1.82) is 0 Å². The Morgan fingerprint density at radius 2 is 1.78 bits per heavy atom. The van der Waals surface area contributed by atoms with E-state index in [1.807, 2.05) is 30.3 Å². The van der Waals surface area contributed by atoms with Crippen molar-refractivity contribution in [3.8, 4) is 11.5 Å². The molecule has 0 amide bonds. The lowest BCUT2D eigenvalue weighted by Crippen LogP contribution is -2.12. The van der Waals surface area contributed by atoms with E-state index in [0.717, 1.165) is 31.2 Å². The third-order valence-electron chi connectivity index (χ3n) is 3.97. The first-order chi connectivity index (χ1) is 11.2. The molecule has 0 radical (unpaired) electrons. The van der Waals surface area contributed by atoms with Gasteiger partial charge in [0.15, 0.2) is 11.5 Å². The summed E-state index contributed by atoms with van der Waals surface area (Å²) in [5.74, 6) is 1.01. The smallest absolute Gasteiger partial charge is 0.273 e. The summed E-state index contributed by atoms with van der Waals surface area (Å²) < 4.78 is 11.8. The van der Waals surface area contributed by atoms with E-state index in [1.165, 1.54) is 12.1 Å². The molecule has 0 saturated heterocycles. The number of non-ortho nitro benzene ring substituents is 1. The fraction of sp³-hybridized carbons (Fsp3) is 0.333. The van der Waals surface area contributed by atoms with E-state index in [9.17, 15) is 10.1 Å². The van der Waals surface area contributed by atoms with Gasteiger partial charge in [0.1, 0.15) is 6.61 Å². The second-order valence-corrected chi connectivity index (χ2v) is 5.69. The maximum atomic E-state index is 11.0. The van der Waals surface area contributed by atoms with Gasteiger partial charge in [0.05, 0.1) is 17.1 Å². The molecule has 23 heavy (non-hydrogen) atoms. The van der Waals surface area contributed by atoms with Gasteiger partial charge in [-0.25, -0.2) is 0 Å². The highest BCUT2D eigenvalue weighted by atomic mass is 16.6. The molecule has 1 saturated carbocycles. The molecule has 0 aliphatic heterocycles. The van der Waals surface area contributed by atoms with Crippen LogP contribution in [0.3, 0.4) is 0 Å². The van der Waals surface area contributed by atoms with E-state index in [0.29, 0.717) is 18.1 Å². The van der Waals surface area contributed by atoms with Crippen LogP contribution in [0.15, 0.2) is 48.5 Å². The van der Waals surface area contributed by atoms with Gasteiger partial charge < -0.3 is 9.47 Å². The molecule has 3 rings (SSSR count). The van der Waals surface area contributed by atoms with Gasteiger partial charge in [0.2, 0.25) is 0 Å². The van der Waals surface area contributed by atoms with Gasteiger partial charge in [-0.05, 0) is 37.3 Å². The Bertz CT molecular complexity index is 666. The average Bonchev–Trinajstić information content (AvgIpc) is 3.07. The van der Waals surface area contributed by atoms with E-state index in [2.05, 4.69) is 0 Å². The van der Waals surface area contributed by atoms with Crippen LogP contribution in [0.4, 0.5) is 5.69 Å². The molecule has 0 bridgehead atoms. The molecule has 0 spiro atoms. The molecule has 0 heterocycles. The molecule has 0 aromatic heterocycles. The minimum Gasteiger partial charge on any atom is -0.486 e. The molecular formula is C18H19NO4. The Hall–Kier alpha value is -2.56. The number of benzene rings is 2. The highest BCUT2D eigenvalue weighted by molar-refractivity contribution is 5.48. The zero-order valence-corrected chi connectivity index (χ0v) is 12.8. The van der Waals surface area contributed by atoms with Crippen LogP contribution in [0, 0.1) is 10.1 Å². The van der Waals surface area contributed by atoms with Crippen LogP contribution in [0.25, 0.3) is 0 Å². The minimum atomic E-state index is -0.414. The van der Waals surface area contributed by atoms with Crippen LogP contribution in [-0.4, -0.2) is 11.0 Å². The molecule has 0 N–H and O–H groups in total. The van der Waals surface area contributed by atoms with E-state index in [1.54, 1.807) is 6.07 Å². The maximum Gasteiger partial charge on any atom is 0.273 e. The number of nitro groups is 1. The molecule has 0 atom stereocenters. The topological polar surface area (TPSA) is 61.6 Å². The van der Waals surface area contributed by atoms with Crippen molar-refractivity contribution in [2.45, 2.75) is 38.4 Å². The zero-order valence-electron chi connectivity index (χ0n) is 12.8. The second kappa shape index (κ2) is 7.13. The number of hydrogen-bond acceptors (Lipinski definition) is 4. The summed E-state index contributed by atoms with van der Waals surface area (Å²) in [5.41, 5.74) is 1.06. The first-order valence-electron chi connectivity index (χ1n) is 7.84. The lowest BCUT2D eigenvalue weighted by molar-refractivity contribution is -0.385. The summed E-state index contributed by atoms with van der Waals surface area (Å²) in [4.78, 5) is 10.6. The predicted octanol–water partition coefficient (Wildman–Crippen LogP) is 4.50. The van der Waals surface area contributed by atoms with Gasteiger partial charge in [-0.15, -0.1) is 0 Å². The number of nitrogens with zero attached hydrogens (tertiary/aromatic N) is 1. The summed E-state index contributed by atoms with van der Waals surface area (Å²) in [6.45, 7) is 0.402. The molecule has 2 aromatic rings. The SMILES string of the molecule is O=[N+]([O-])c1ccc(OCc2ccccc2)c(OC2CCCC2)c1. The lowest BCUT2D eigenvalue weighted by atomic mass is 10.2. The highest BCUT2D eigenvalue weighted by Crippen LogP contribution is 2.35. The molecule has 120 valence electrons. The fourth-order valence-corrected chi connectivity index (χ4v) is 2.74. The summed E-state index contributed by atoms with van der Waals surface area (Å²) in [6, 6.07) is 14.3. The van der Waals surface area contributed by atoms with Gasteiger partial charge in [-0.1, -0.05) is 30.3 Å². The Morgan fingerprint density at radius 1 is 1.04 bits per heavy atom. The Kier molecular flexibility index (Phi) is 4.76. The van der Waals surface area contributed by atoms with Crippen LogP contribution in [-0.2, 0) is 6.61 Å². The standard InChI is InChI=1S/C18H19NO4/c20-19(21)15-10-11-17(22-13-14-6-2-1-3-7-14)18(12-15)23-16-8-4-5-9-16/h1-3,6-7,10-12,16H,4-5,8-9,13H2. The minimum absolute atomic E-state index is 0.0186. The van der Waals surface area contributed by atoms with Crippen molar-refractivity contribution in [1.82, 2.24) is 0 Å². The van der Waals surface area contributed by atoms with E-state index < -0.39 is 4.92 Å². The normalized spacial score (nSPS) is 14.6. The van der Waals surface area contributed by atoms with E-state index in [-0.39, 0.29) is 11.8 Å². The van der Waals surface area contributed by atoms with Crippen molar-refractivity contribution in [2.24, 2.45) is 0 Å². The second-order valence-electron chi connectivity index (χ2n) is 5.69. The quantitative estimate of drug-likeness (QED) is 0.582. The lowest BCUT2D eigenvalue weighted by Gasteiger charge is -2.16. The third kappa shape index (κ3) is 4.00. The number of rotatable bonds is 6. The first-order valence-corrected chi connectivity index (χ1v) is 7.84. The zero-order chi connectivity index (χ0) is 16.1. The first kappa shape index (κ1) is 15.3. The largest absolute Gasteiger partial charge is 0.486 e. The molecule has 1 aliphatic rings. The highest BCUT2D eigenvalue weighted by Gasteiger charge is 2.20. The van der Waals surface area contributed by atoms with Crippen molar-refractivity contribution in [3.63, 3.8) is 0 Å². The Morgan fingerprint density at radius 3 is 2.48 bits per heavy atom. The van der Waals surface area contributed by atoms with E-state index in [4.69, 9.17) is 9.47 Å². The molecule has 1 fully saturated rings. The predicted molar refractivity (Wildman–Crippen MR) is 86.8 cm³/mol. The van der Waals surface area contributed by atoms with Crippen LogP contribution in [0.5, 0.6) is 11.5 Å². The van der Waals surface area contributed by atoms with Crippen LogP contribution >= 0.6 is 0 Å². The van der Waals surface area contributed by atoms with E-state index >= 15 is 0 Å².